The number of hydrogen-bond acceptors (Lipinski definition) is 3. The molecule has 0 aromatic heterocycles. The van der Waals surface area contributed by atoms with Crippen molar-refractivity contribution in [3.8, 4) is 5.75 Å². The lowest BCUT2D eigenvalue weighted by atomic mass is 10.1. The number of ether oxygens (including phenoxy) is 1. The van der Waals surface area contributed by atoms with Crippen LogP contribution in [-0.4, -0.2) is 12.0 Å². The van der Waals surface area contributed by atoms with Gasteiger partial charge in [-0.2, -0.15) is 0 Å². The third-order valence-corrected chi connectivity index (χ3v) is 3.15. The van der Waals surface area contributed by atoms with Gasteiger partial charge in [0, 0.05) is 18.2 Å². The van der Waals surface area contributed by atoms with E-state index in [-0.39, 0.29) is 11.7 Å². The number of nitrogens with zero attached hydrogens (tertiary/aromatic N) is 1. The topological polar surface area (TPSA) is 38.7 Å². The largest absolute Gasteiger partial charge is 0.489 e. The van der Waals surface area contributed by atoms with Gasteiger partial charge in [-0.25, -0.2) is 0 Å². The maximum absolute atomic E-state index is 11.2. The van der Waals surface area contributed by atoms with Crippen molar-refractivity contribution in [2.45, 2.75) is 20.5 Å². The number of rotatable bonds is 6. The van der Waals surface area contributed by atoms with E-state index in [1.165, 1.54) is 0 Å². The van der Waals surface area contributed by atoms with Crippen LogP contribution in [-0.2, 0) is 11.4 Å². The summed E-state index contributed by atoms with van der Waals surface area (Å²) in [6.07, 6.45) is 1.67. The van der Waals surface area contributed by atoms with Crippen LogP contribution in [0.1, 0.15) is 19.4 Å². The lowest BCUT2D eigenvalue weighted by Crippen LogP contribution is -2.06. The Morgan fingerprint density at radius 3 is 2.67 bits per heavy atom. The van der Waals surface area contributed by atoms with Gasteiger partial charge in [-0.1, -0.05) is 43.3 Å². The third-order valence-electron chi connectivity index (χ3n) is 3.15. The van der Waals surface area contributed by atoms with Crippen LogP contribution in [0.3, 0.4) is 0 Å². The van der Waals surface area contributed by atoms with Gasteiger partial charge in [0.05, 0.1) is 5.69 Å². The second-order valence-corrected chi connectivity index (χ2v) is 4.95. The Morgan fingerprint density at radius 2 is 1.95 bits per heavy atom. The highest BCUT2D eigenvalue weighted by Crippen LogP contribution is 2.21. The molecule has 2 aromatic rings. The van der Waals surface area contributed by atoms with E-state index in [1.807, 2.05) is 61.5 Å². The molecule has 3 heteroatoms. The van der Waals surface area contributed by atoms with Crippen molar-refractivity contribution in [2.75, 3.05) is 0 Å². The molecule has 0 aliphatic heterocycles. The van der Waals surface area contributed by atoms with Gasteiger partial charge in [-0.05, 0) is 24.6 Å². The SMILES string of the molecule is CC(=O)C(C)C=Nc1cccc(OCc2ccccc2)c1. The molecule has 3 nitrogen and oxygen atoms in total. The van der Waals surface area contributed by atoms with Gasteiger partial charge in [-0.3, -0.25) is 9.79 Å². The molecule has 0 spiro atoms. The molecule has 0 N–H and O–H groups in total. The summed E-state index contributed by atoms with van der Waals surface area (Å²) in [6, 6.07) is 17.6. The molecule has 0 aliphatic rings. The van der Waals surface area contributed by atoms with E-state index in [1.54, 1.807) is 13.1 Å². The van der Waals surface area contributed by atoms with E-state index in [0.29, 0.717) is 6.61 Å². The Kier molecular flexibility index (Phi) is 5.27. The highest BCUT2D eigenvalue weighted by atomic mass is 16.5. The number of carbonyl (C=O) groups excluding carboxylic acids is 1. The first kappa shape index (κ1) is 15.0. The molecular weight excluding hydrogens is 262 g/mol. The minimum atomic E-state index is -0.168. The van der Waals surface area contributed by atoms with Crippen molar-refractivity contribution in [3.63, 3.8) is 0 Å². The summed E-state index contributed by atoms with van der Waals surface area (Å²) in [6.45, 7) is 3.93. The van der Waals surface area contributed by atoms with Gasteiger partial charge in [0.2, 0.25) is 0 Å². The Labute approximate surface area is 125 Å². The van der Waals surface area contributed by atoms with E-state index in [4.69, 9.17) is 4.74 Å². The summed E-state index contributed by atoms with van der Waals surface area (Å²) in [5, 5.41) is 0. The molecule has 108 valence electrons. The molecule has 21 heavy (non-hydrogen) atoms. The van der Waals surface area contributed by atoms with E-state index < -0.39 is 0 Å². The first-order valence-corrected chi connectivity index (χ1v) is 6.96. The minimum Gasteiger partial charge on any atom is -0.489 e. The minimum absolute atomic E-state index is 0.107. The van der Waals surface area contributed by atoms with E-state index in [0.717, 1.165) is 17.0 Å². The zero-order valence-corrected chi connectivity index (χ0v) is 12.3. The smallest absolute Gasteiger partial charge is 0.137 e. The molecule has 0 fully saturated rings. The Balaban J connectivity index is 1.99. The highest BCUT2D eigenvalue weighted by molar-refractivity contribution is 5.93. The van der Waals surface area contributed by atoms with Crippen LogP contribution >= 0.6 is 0 Å². The standard InChI is InChI=1S/C18H19NO2/c1-14(15(2)20)12-19-17-9-6-10-18(11-17)21-13-16-7-4-3-5-8-16/h3-12,14H,13H2,1-2H3. The van der Waals surface area contributed by atoms with Crippen LogP contribution in [0.4, 0.5) is 5.69 Å². The predicted molar refractivity (Wildman–Crippen MR) is 85.2 cm³/mol. The molecule has 0 saturated carbocycles. The number of benzene rings is 2. The van der Waals surface area contributed by atoms with Gasteiger partial charge in [0.15, 0.2) is 0 Å². The second-order valence-electron chi connectivity index (χ2n) is 4.95. The molecule has 1 atom stereocenters. The predicted octanol–water partition coefficient (Wildman–Crippen LogP) is 4.19. The van der Waals surface area contributed by atoms with Crippen LogP contribution < -0.4 is 4.74 Å². The summed E-state index contributed by atoms with van der Waals surface area (Å²) in [7, 11) is 0. The molecule has 0 bridgehead atoms. The number of carbonyl (C=O) groups is 1. The quantitative estimate of drug-likeness (QED) is 0.744. The Morgan fingerprint density at radius 1 is 1.19 bits per heavy atom. The van der Waals surface area contributed by atoms with Crippen molar-refractivity contribution in [1.82, 2.24) is 0 Å². The number of Topliss-reactive ketones (excluding diaryl/α,β-unsaturated/α-hetero) is 1. The molecule has 2 aromatic carbocycles. The van der Waals surface area contributed by atoms with Crippen molar-refractivity contribution < 1.29 is 9.53 Å². The maximum Gasteiger partial charge on any atom is 0.137 e. The Hall–Kier alpha value is -2.42. The summed E-state index contributed by atoms with van der Waals surface area (Å²) in [5.74, 6) is 0.707. The molecular formula is C18H19NO2. The number of hydrogen-bond donors (Lipinski definition) is 0. The maximum atomic E-state index is 11.2. The molecule has 2 rings (SSSR count). The molecule has 0 radical (unpaired) electrons. The first-order chi connectivity index (χ1) is 10.1. The van der Waals surface area contributed by atoms with E-state index in [2.05, 4.69) is 4.99 Å². The lowest BCUT2D eigenvalue weighted by molar-refractivity contribution is -0.118. The van der Waals surface area contributed by atoms with Crippen molar-refractivity contribution >= 4 is 17.7 Å². The van der Waals surface area contributed by atoms with Crippen LogP contribution in [0.25, 0.3) is 0 Å². The van der Waals surface area contributed by atoms with Crippen LogP contribution in [0.5, 0.6) is 5.75 Å². The summed E-state index contributed by atoms with van der Waals surface area (Å²) in [5.41, 5.74) is 1.91. The number of aliphatic imine (C=N–C) groups is 1. The fourth-order valence-electron chi connectivity index (χ4n) is 1.70. The van der Waals surface area contributed by atoms with Crippen molar-refractivity contribution in [1.29, 1.82) is 0 Å². The van der Waals surface area contributed by atoms with Crippen LogP contribution in [0, 0.1) is 5.92 Å². The third kappa shape index (κ3) is 4.88. The Bertz CT molecular complexity index is 620. The average Bonchev–Trinajstić information content (AvgIpc) is 2.52. The monoisotopic (exact) mass is 281 g/mol. The summed E-state index contributed by atoms with van der Waals surface area (Å²) < 4.78 is 5.75. The van der Waals surface area contributed by atoms with E-state index >= 15 is 0 Å². The molecule has 1 unspecified atom stereocenters. The fourth-order valence-corrected chi connectivity index (χ4v) is 1.70. The molecule has 0 heterocycles. The highest BCUT2D eigenvalue weighted by Gasteiger charge is 2.03. The zero-order valence-electron chi connectivity index (χ0n) is 12.3. The van der Waals surface area contributed by atoms with Gasteiger partial charge in [0.25, 0.3) is 0 Å². The normalized spacial score (nSPS) is 12.3. The van der Waals surface area contributed by atoms with E-state index in [9.17, 15) is 4.79 Å². The van der Waals surface area contributed by atoms with Crippen molar-refractivity contribution in [2.24, 2.45) is 10.9 Å². The van der Waals surface area contributed by atoms with Crippen molar-refractivity contribution in [3.05, 3.63) is 60.2 Å². The van der Waals surface area contributed by atoms with Gasteiger partial charge < -0.3 is 4.74 Å². The second kappa shape index (κ2) is 7.39. The zero-order chi connectivity index (χ0) is 15.1. The summed E-state index contributed by atoms with van der Waals surface area (Å²) in [4.78, 5) is 15.5. The van der Waals surface area contributed by atoms with Gasteiger partial charge >= 0.3 is 0 Å². The molecule has 0 amide bonds. The average molecular weight is 281 g/mol. The molecule has 0 aliphatic carbocycles. The fraction of sp³-hybridized carbons (Fsp3) is 0.222. The molecule has 0 saturated heterocycles. The van der Waals surface area contributed by atoms with Gasteiger partial charge in [-0.15, -0.1) is 0 Å². The van der Waals surface area contributed by atoms with Crippen LogP contribution in [0.15, 0.2) is 59.6 Å². The summed E-state index contributed by atoms with van der Waals surface area (Å²) >= 11 is 0. The van der Waals surface area contributed by atoms with Crippen LogP contribution in [0.2, 0.25) is 0 Å². The van der Waals surface area contributed by atoms with Gasteiger partial charge in [0.1, 0.15) is 18.1 Å². The first-order valence-electron chi connectivity index (χ1n) is 6.96. The lowest BCUT2D eigenvalue weighted by Gasteiger charge is -2.07. The number of ketones is 1.